The lowest BCUT2D eigenvalue weighted by atomic mass is 9.87. The molecule has 0 saturated carbocycles. The molecule has 2 nitrogen and oxygen atoms in total. The van der Waals surface area contributed by atoms with Gasteiger partial charge >= 0.3 is 0 Å². The van der Waals surface area contributed by atoms with Crippen LogP contribution in [0.15, 0.2) is 0 Å². The van der Waals surface area contributed by atoms with E-state index in [9.17, 15) is 0 Å². The van der Waals surface area contributed by atoms with Crippen molar-refractivity contribution in [2.75, 3.05) is 0 Å². The maximum absolute atomic E-state index is 7.53. The first kappa shape index (κ1) is 9.34. The first-order chi connectivity index (χ1) is 4.34. The number of hydrogen-bond acceptors (Lipinski definition) is 2. The van der Waals surface area contributed by atoms with Gasteiger partial charge in [-0.15, -0.1) is 0 Å². The van der Waals surface area contributed by atoms with Crippen molar-refractivity contribution >= 4 is 11.4 Å². The van der Waals surface area contributed by atoms with Gasteiger partial charge in [-0.3, -0.25) is 0 Å². The fourth-order valence-electron chi connectivity index (χ4n) is 0.530. The van der Waals surface area contributed by atoms with E-state index in [0.717, 1.165) is 0 Å². The average molecular weight is 140 g/mol. The normalized spacial score (nSPS) is 11.2. The lowest BCUT2D eigenvalue weighted by molar-refractivity contribution is 0.580. The van der Waals surface area contributed by atoms with E-state index in [4.69, 9.17) is 10.8 Å². The van der Waals surface area contributed by atoms with Crippen LogP contribution in [0.25, 0.3) is 0 Å². The van der Waals surface area contributed by atoms with Gasteiger partial charge in [0.25, 0.3) is 0 Å². The highest BCUT2D eigenvalue weighted by Crippen LogP contribution is 2.16. The molecule has 0 aromatic heterocycles. The molecule has 0 amide bonds. The van der Waals surface area contributed by atoms with Crippen LogP contribution >= 0.6 is 0 Å². The van der Waals surface area contributed by atoms with E-state index in [1.165, 1.54) is 0 Å². The second-order valence-corrected chi connectivity index (χ2v) is 3.69. The molecule has 0 saturated heterocycles. The first-order valence-corrected chi connectivity index (χ1v) is 3.46. The molecular weight excluding hydrogens is 124 g/mol. The summed E-state index contributed by atoms with van der Waals surface area (Å²) in [6, 6.07) is 0. The van der Waals surface area contributed by atoms with Crippen molar-refractivity contribution in [3.8, 4) is 0 Å². The smallest absolute Gasteiger partial charge is 0.0232 e. The standard InChI is InChI=1S/C8H16N2/c1-6(9)5-7(10)8(2,3)4/h9-10H,5H2,1-4H3. The van der Waals surface area contributed by atoms with Gasteiger partial charge in [-0.05, 0) is 12.3 Å². The van der Waals surface area contributed by atoms with Gasteiger partial charge < -0.3 is 10.8 Å². The Bertz CT molecular complexity index is 151. The lowest BCUT2D eigenvalue weighted by Crippen LogP contribution is -2.21. The molecule has 58 valence electrons. The van der Waals surface area contributed by atoms with Gasteiger partial charge in [0.15, 0.2) is 0 Å². The van der Waals surface area contributed by atoms with E-state index in [2.05, 4.69) is 0 Å². The van der Waals surface area contributed by atoms with Gasteiger partial charge in [0.05, 0.1) is 0 Å². The zero-order valence-electron chi connectivity index (χ0n) is 7.21. The molecular formula is C8H16N2. The molecule has 0 unspecified atom stereocenters. The highest BCUT2D eigenvalue weighted by atomic mass is 14.5. The van der Waals surface area contributed by atoms with Crippen LogP contribution in [0.3, 0.4) is 0 Å². The van der Waals surface area contributed by atoms with Crippen molar-refractivity contribution in [1.82, 2.24) is 0 Å². The van der Waals surface area contributed by atoms with E-state index >= 15 is 0 Å². The van der Waals surface area contributed by atoms with Gasteiger partial charge in [-0.2, -0.15) is 0 Å². The summed E-state index contributed by atoms with van der Waals surface area (Å²) in [6.07, 6.45) is 0.517. The lowest BCUT2D eigenvalue weighted by Gasteiger charge is -2.18. The Labute approximate surface area is 62.7 Å². The fraction of sp³-hybridized carbons (Fsp3) is 0.750. The van der Waals surface area contributed by atoms with Crippen LogP contribution in [0.2, 0.25) is 0 Å². The average Bonchev–Trinajstić information content (AvgIpc) is 1.60. The van der Waals surface area contributed by atoms with Crippen molar-refractivity contribution < 1.29 is 0 Å². The molecule has 0 aromatic carbocycles. The van der Waals surface area contributed by atoms with Crippen LogP contribution in [-0.4, -0.2) is 11.4 Å². The summed E-state index contributed by atoms with van der Waals surface area (Å²) < 4.78 is 0. The van der Waals surface area contributed by atoms with Crippen molar-refractivity contribution in [3.63, 3.8) is 0 Å². The van der Waals surface area contributed by atoms with Crippen LogP contribution in [-0.2, 0) is 0 Å². The monoisotopic (exact) mass is 140 g/mol. The SMILES string of the molecule is CC(=N)CC(=N)C(C)(C)C. The van der Waals surface area contributed by atoms with Crippen LogP contribution < -0.4 is 0 Å². The third-order valence-corrected chi connectivity index (χ3v) is 1.35. The molecule has 10 heavy (non-hydrogen) atoms. The summed E-state index contributed by atoms with van der Waals surface area (Å²) in [5.74, 6) is 0. The number of nitrogens with one attached hydrogen (secondary N) is 2. The summed E-state index contributed by atoms with van der Waals surface area (Å²) in [5, 5.41) is 14.7. The van der Waals surface area contributed by atoms with E-state index in [1.807, 2.05) is 20.8 Å². The van der Waals surface area contributed by atoms with Crippen molar-refractivity contribution in [2.24, 2.45) is 5.41 Å². The molecule has 2 N–H and O–H groups in total. The summed E-state index contributed by atoms with van der Waals surface area (Å²) in [5.41, 5.74) is 1.14. The zero-order chi connectivity index (χ0) is 8.36. The van der Waals surface area contributed by atoms with E-state index < -0.39 is 0 Å². The second kappa shape index (κ2) is 2.95. The molecule has 0 radical (unpaired) electrons. The molecule has 0 aliphatic heterocycles. The highest BCUT2D eigenvalue weighted by molar-refractivity contribution is 6.02. The molecule has 0 rings (SSSR count). The summed E-state index contributed by atoms with van der Waals surface area (Å²) >= 11 is 0. The van der Waals surface area contributed by atoms with Gasteiger partial charge in [-0.1, -0.05) is 20.8 Å². The number of hydrogen-bond donors (Lipinski definition) is 2. The van der Waals surface area contributed by atoms with Gasteiger partial charge in [0.1, 0.15) is 0 Å². The molecule has 0 bridgehead atoms. The third-order valence-electron chi connectivity index (χ3n) is 1.35. The van der Waals surface area contributed by atoms with Gasteiger partial charge in [-0.25, -0.2) is 0 Å². The maximum atomic E-state index is 7.53. The summed E-state index contributed by atoms with van der Waals surface area (Å²) in [4.78, 5) is 0. The molecule has 0 aliphatic rings. The molecule has 0 spiro atoms. The predicted molar refractivity (Wildman–Crippen MR) is 45.2 cm³/mol. The second-order valence-electron chi connectivity index (χ2n) is 3.69. The fourth-order valence-corrected chi connectivity index (χ4v) is 0.530. The third kappa shape index (κ3) is 3.38. The van der Waals surface area contributed by atoms with Crippen LogP contribution in [0.4, 0.5) is 0 Å². The maximum Gasteiger partial charge on any atom is 0.0232 e. The van der Waals surface area contributed by atoms with E-state index in [1.54, 1.807) is 6.92 Å². The molecule has 0 aliphatic carbocycles. The minimum atomic E-state index is -0.0672. The van der Waals surface area contributed by atoms with E-state index in [0.29, 0.717) is 17.8 Å². The molecule has 0 fully saturated rings. The minimum Gasteiger partial charge on any atom is -0.310 e. The first-order valence-electron chi connectivity index (χ1n) is 3.46. The Hall–Kier alpha value is -0.660. The van der Waals surface area contributed by atoms with Crippen LogP contribution in [0.1, 0.15) is 34.1 Å². The molecule has 0 heterocycles. The quantitative estimate of drug-likeness (QED) is 0.554. The Morgan fingerprint density at radius 2 is 1.60 bits per heavy atom. The minimum absolute atomic E-state index is 0.0672. The topological polar surface area (TPSA) is 47.7 Å². The zero-order valence-corrected chi connectivity index (χ0v) is 7.21. The molecule has 0 aromatic rings. The van der Waals surface area contributed by atoms with Crippen molar-refractivity contribution in [3.05, 3.63) is 0 Å². The Kier molecular flexibility index (Phi) is 2.76. The summed E-state index contributed by atoms with van der Waals surface area (Å²) in [7, 11) is 0. The van der Waals surface area contributed by atoms with Gasteiger partial charge in [0.2, 0.25) is 0 Å². The van der Waals surface area contributed by atoms with Crippen molar-refractivity contribution in [2.45, 2.75) is 34.1 Å². The van der Waals surface area contributed by atoms with Crippen molar-refractivity contribution in [1.29, 1.82) is 10.8 Å². The Morgan fingerprint density at radius 3 is 1.70 bits per heavy atom. The Morgan fingerprint density at radius 1 is 1.20 bits per heavy atom. The number of rotatable bonds is 2. The van der Waals surface area contributed by atoms with Crippen LogP contribution in [0.5, 0.6) is 0 Å². The molecule has 0 atom stereocenters. The summed E-state index contributed by atoms with van der Waals surface area (Å²) in [6.45, 7) is 7.73. The highest BCUT2D eigenvalue weighted by Gasteiger charge is 2.16. The Balaban J connectivity index is 3.99. The van der Waals surface area contributed by atoms with E-state index in [-0.39, 0.29) is 5.41 Å². The predicted octanol–water partition coefficient (Wildman–Crippen LogP) is 2.48. The van der Waals surface area contributed by atoms with Crippen LogP contribution in [0, 0.1) is 16.2 Å². The van der Waals surface area contributed by atoms with Gasteiger partial charge in [0, 0.05) is 17.8 Å². The molecule has 2 heteroatoms. The largest absolute Gasteiger partial charge is 0.310 e.